The Kier molecular flexibility index (Phi) is 46.9. The zero-order valence-corrected chi connectivity index (χ0v) is 23.0. The molecule has 4 rings (SSSR count). The van der Waals surface area contributed by atoms with Gasteiger partial charge in [0.25, 0.3) is 11.7 Å². The van der Waals surface area contributed by atoms with Gasteiger partial charge in [0, 0.05) is 11.4 Å². The highest BCUT2D eigenvalue weighted by atomic mass is 35.5. The molecule has 1 amide bonds. The van der Waals surface area contributed by atoms with Crippen LogP contribution in [0.25, 0.3) is 0 Å². The van der Waals surface area contributed by atoms with Crippen LogP contribution in [0.15, 0.2) is 78.9 Å². The number of carboxylic acids is 1. The first-order chi connectivity index (χ1) is 17.8. The number of nitrogens with two attached hydrogens (primary N) is 3. The topological polar surface area (TPSA) is 171 Å². The van der Waals surface area contributed by atoms with Gasteiger partial charge in [0.2, 0.25) is 0 Å². The van der Waals surface area contributed by atoms with Gasteiger partial charge >= 0.3 is 5.97 Å². The van der Waals surface area contributed by atoms with Crippen LogP contribution in [0.2, 0.25) is 0 Å². The molecule has 0 saturated carbocycles. The highest BCUT2D eigenvalue weighted by molar-refractivity contribution is 6.51. The van der Waals surface area contributed by atoms with E-state index in [2.05, 4.69) is 27.5 Å². The van der Waals surface area contributed by atoms with Crippen LogP contribution in [-0.4, -0.2) is 22.8 Å². The lowest BCUT2D eigenvalue weighted by molar-refractivity contribution is -0.112. The Bertz CT molecular complexity index is 1020. The maximum Gasteiger partial charge on any atom is 0.337 e. The number of carbonyl (C=O) groups is 3. The highest BCUT2D eigenvalue weighted by Crippen LogP contribution is 2.21. The van der Waals surface area contributed by atoms with Crippen molar-refractivity contribution in [2.75, 3.05) is 16.8 Å². The van der Waals surface area contributed by atoms with Crippen LogP contribution in [0.1, 0.15) is 92.0 Å². The largest absolute Gasteiger partial charge is 0.478 e. The summed E-state index contributed by atoms with van der Waals surface area (Å²) in [5.41, 5.74) is 13.1. The first-order valence-corrected chi connectivity index (χ1v) is 11.9. The van der Waals surface area contributed by atoms with Crippen molar-refractivity contribution < 1.29 is 23.9 Å². The number of fused-ring (bicyclic) bond motifs is 1. The Labute approximate surface area is 254 Å². The van der Waals surface area contributed by atoms with Crippen molar-refractivity contribution in [3.63, 3.8) is 0 Å². The molecule has 8 N–H and O–H groups in total. The summed E-state index contributed by atoms with van der Waals surface area (Å²) in [5, 5.41) is 10.9. The lowest BCUT2D eigenvalue weighted by Gasteiger charge is -1.96. The number of Topliss-reactive ketones (excluding diaryl/α,β-unsaturated/α-hetero) is 1. The van der Waals surface area contributed by atoms with Crippen molar-refractivity contribution in [2.24, 2.45) is 5.90 Å². The van der Waals surface area contributed by atoms with Crippen molar-refractivity contribution in [1.29, 1.82) is 0 Å². The fourth-order valence-corrected chi connectivity index (χ4v) is 2.24. The van der Waals surface area contributed by atoms with E-state index in [9.17, 15) is 14.4 Å². The Morgan fingerprint density at radius 1 is 0.732 bits per heavy atom. The lowest BCUT2D eigenvalue weighted by Crippen LogP contribution is -2.12. The number of anilines is 3. The Balaban J connectivity index is -0.0000000719. The van der Waals surface area contributed by atoms with E-state index in [0.29, 0.717) is 16.9 Å². The number of carboxylic acid groups (broad SMARTS) is 1. The molecule has 0 spiro atoms. The molecule has 3 aromatic carbocycles. The van der Waals surface area contributed by atoms with Gasteiger partial charge in [-0.2, -0.15) is 10.3 Å². The van der Waals surface area contributed by atoms with Crippen LogP contribution < -0.4 is 22.7 Å². The van der Waals surface area contributed by atoms with E-state index in [1.165, 1.54) is 6.07 Å². The van der Waals surface area contributed by atoms with Crippen molar-refractivity contribution in [1.82, 2.24) is 0 Å². The van der Waals surface area contributed by atoms with Crippen LogP contribution in [0.3, 0.4) is 0 Å². The average molecular weight is 599 g/mol. The first-order valence-electron chi connectivity index (χ1n) is 11.6. The van der Waals surface area contributed by atoms with Gasteiger partial charge < -0.3 is 21.9 Å². The normalized spacial score (nSPS) is 8.49. The molecule has 1 heterocycles. The molecule has 0 aromatic heterocycles. The second kappa shape index (κ2) is 36.1. The lowest BCUT2D eigenvalue weighted by atomic mass is 10.1. The third kappa shape index (κ3) is 23.7. The Hall–Kier alpha value is -3.92. The summed E-state index contributed by atoms with van der Waals surface area (Å²) in [6.07, 6.45) is 0. The van der Waals surface area contributed by atoms with Crippen LogP contribution in [0.4, 0.5) is 17.1 Å². The molecule has 0 aliphatic carbocycles. The third-order valence-corrected chi connectivity index (χ3v) is 3.62. The molecular formula is C31H55ClN4O5. The van der Waals surface area contributed by atoms with Crippen molar-refractivity contribution in [3.8, 4) is 0 Å². The van der Waals surface area contributed by atoms with E-state index in [-0.39, 0.29) is 35.3 Å². The number of rotatable bonds is 1. The molecule has 1 aliphatic heterocycles. The zero-order valence-electron chi connectivity index (χ0n) is 22.2. The van der Waals surface area contributed by atoms with E-state index < -0.39 is 17.7 Å². The average Bonchev–Trinajstić information content (AvgIpc) is 3.22. The van der Waals surface area contributed by atoms with Crippen molar-refractivity contribution >= 4 is 46.6 Å². The SMILES string of the molecule is C.C.C.C.CC.CC.CC.NOCl.Nc1ccccc1.Nc1ccccc1C(=O)O.O=C1Nc2ccccc2C1=O. The van der Waals surface area contributed by atoms with Gasteiger partial charge in [-0.3, -0.25) is 9.59 Å². The molecule has 0 unspecified atom stereocenters. The van der Waals surface area contributed by atoms with Gasteiger partial charge in [0.05, 0.1) is 28.7 Å². The van der Waals surface area contributed by atoms with Gasteiger partial charge in [-0.1, -0.05) is 114 Å². The Morgan fingerprint density at radius 3 is 1.46 bits per heavy atom. The monoisotopic (exact) mass is 598 g/mol. The quantitative estimate of drug-likeness (QED) is 0.105. The van der Waals surface area contributed by atoms with E-state index in [4.69, 9.17) is 16.6 Å². The van der Waals surface area contributed by atoms with Crippen LogP contribution >= 0.6 is 11.9 Å². The molecule has 41 heavy (non-hydrogen) atoms. The predicted molar refractivity (Wildman–Crippen MR) is 180 cm³/mol. The number of hydrogen-bond acceptors (Lipinski definition) is 7. The number of benzene rings is 3. The number of nitrogen functional groups attached to an aromatic ring is 2. The summed E-state index contributed by atoms with van der Waals surface area (Å²) >= 11 is 4.28. The minimum Gasteiger partial charge on any atom is -0.478 e. The maximum absolute atomic E-state index is 11.0. The van der Waals surface area contributed by atoms with Gasteiger partial charge in [0.15, 0.2) is 0 Å². The fraction of sp³-hybridized carbons (Fsp3) is 0.323. The van der Waals surface area contributed by atoms with E-state index >= 15 is 0 Å². The summed E-state index contributed by atoms with van der Waals surface area (Å²) in [6, 6.07) is 22.7. The number of para-hydroxylation sites is 3. The number of hydrogen-bond donors (Lipinski definition) is 5. The number of aromatic carboxylic acids is 1. The summed E-state index contributed by atoms with van der Waals surface area (Å²) in [7, 11) is 0. The number of carbonyl (C=O) groups excluding carboxylic acids is 2. The molecule has 9 nitrogen and oxygen atoms in total. The maximum atomic E-state index is 11.0. The van der Waals surface area contributed by atoms with Gasteiger partial charge in [-0.15, -0.1) is 0 Å². The number of halogens is 1. The van der Waals surface area contributed by atoms with Gasteiger partial charge in [-0.25, -0.2) is 4.79 Å². The van der Waals surface area contributed by atoms with Crippen molar-refractivity contribution in [3.05, 3.63) is 90.0 Å². The highest BCUT2D eigenvalue weighted by Gasteiger charge is 2.26. The molecule has 0 bridgehead atoms. The van der Waals surface area contributed by atoms with E-state index in [1.807, 2.05) is 71.9 Å². The molecule has 0 atom stereocenters. The summed E-state index contributed by atoms with van der Waals surface area (Å²) in [5.74, 6) is 2.14. The minimum absolute atomic E-state index is 0. The molecule has 3 aromatic rings. The molecule has 0 radical (unpaired) electrons. The molecule has 236 valence electrons. The van der Waals surface area contributed by atoms with E-state index in [0.717, 1.165) is 5.69 Å². The molecule has 0 fully saturated rings. The first kappa shape index (κ1) is 53.3. The minimum atomic E-state index is -0.988. The molecular weight excluding hydrogens is 544 g/mol. The van der Waals surface area contributed by atoms with Crippen LogP contribution in [0, 0.1) is 0 Å². The third-order valence-electron chi connectivity index (χ3n) is 3.62. The summed E-state index contributed by atoms with van der Waals surface area (Å²) in [4.78, 5) is 32.1. The molecule has 1 aliphatic rings. The van der Waals surface area contributed by atoms with Crippen molar-refractivity contribution in [2.45, 2.75) is 71.2 Å². The number of amides is 1. The number of nitrogens with one attached hydrogen (secondary N) is 1. The summed E-state index contributed by atoms with van der Waals surface area (Å²) in [6.45, 7) is 12.0. The van der Waals surface area contributed by atoms with Gasteiger partial charge in [-0.05, 0) is 36.4 Å². The van der Waals surface area contributed by atoms with E-state index in [1.54, 1.807) is 42.5 Å². The molecule has 0 saturated heterocycles. The van der Waals surface area contributed by atoms with Crippen LogP contribution in [0.5, 0.6) is 0 Å². The second-order valence-electron chi connectivity index (χ2n) is 5.72. The Morgan fingerprint density at radius 2 is 1.12 bits per heavy atom. The smallest absolute Gasteiger partial charge is 0.337 e. The predicted octanol–water partition coefficient (Wildman–Crippen LogP) is 8.71. The van der Waals surface area contributed by atoms with Gasteiger partial charge in [0.1, 0.15) is 0 Å². The standard InChI is InChI=1S/C8H5NO2.C7H7NO2.C6H7N.3C2H6.4CH4.ClH2NO/c10-7-5-3-1-2-4-6(5)9-8(7)11;8-6-4-2-1-3-5(6)7(9)10;7-6-4-2-1-3-5-6;3*1-2;;;;;1-3-2/h1-4H,(H,9,10,11);1-4H,8H2,(H,9,10);1-5H,7H2;3*1-2H3;4*1H4;2H2. The fourth-order valence-electron chi connectivity index (χ4n) is 2.24. The summed E-state index contributed by atoms with van der Waals surface area (Å²) < 4.78 is 3.22. The van der Waals surface area contributed by atoms with Crippen LogP contribution in [-0.2, 0) is 9.18 Å². The second-order valence-corrected chi connectivity index (χ2v) is 5.90. The molecule has 10 heteroatoms. The number of ketones is 1. The zero-order chi connectivity index (χ0) is 29.2.